The van der Waals surface area contributed by atoms with E-state index in [-0.39, 0.29) is 12.2 Å². The Morgan fingerprint density at radius 1 is 1.13 bits per heavy atom. The number of hydrogen-bond donors (Lipinski definition) is 0. The van der Waals surface area contributed by atoms with Crippen LogP contribution in [0.25, 0.3) is 0 Å². The van der Waals surface area contributed by atoms with Crippen molar-refractivity contribution in [3.8, 4) is 0 Å². The fraction of sp³-hybridized carbons (Fsp3) is 0.818. The molecule has 0 radical (unpaired) electrons. The maximum atomic E-state index is 11.2. The average molecular weight is 216 g/mol. The molecule has 0 aliphatic carbocycles. The third-order valence-electron chi connectivity index (χ3n) is 1.81. The third kappa shape index (κ3) is 9.41. The molecule has 0 aromatic carbocycles. The molecule has 0 aromatic rings. The van der Waals surface area contributed by atoms with Crippen molar-refractivity contribution in [3.63, 3.8) is 0 Å². The van der Waals surface area contributed by atoms with Gasteiger partial charge in [-0.2, -0.15) is 0 Å². The zero-order valence-corrected chi connectivity index (χ0v) is 9.58. The summed E-state index contributed by atoms with van der Waals surface area (Å²) in [5, 5.41) is 0. The zero-order valence-electron chi connectivity index (χ0n) is 9.58. The summed E-state index contributed by atoms with van der Waals surface area (Å²) in [5.74, 6) is -0.569. The van der Waals surface area contributed by atoms with Gasteiger partial charge < -0.3 is 9.47 Å². The lowest BCUT2D eigenvalue weighted by molar-refractivity contribution is -0.145. The number of ether oxygens (including phenoxy) is 2. The van der Waals surface area contributed by atoms with Gasteiger partial charge in [0, 0.05) is 13.0 Å². The van der Waals surface area contributed by atoms with Gasteiger partial charge in [0.15, 0.2) is 0 Å². The molecule has 0 aliphatic heterocycles. The van der Waals surface area contributed by atoms with E-state index in [2.05, 4.69) is 11.7 Å². The molecule has 0 amide bonds. The number of unbranched alkanes of at least 4 members (excludes halogenated alkanes) is 1. The van der Waals surface area contributed by atoms with Gasteiger partial charge in [-0.15, -0.1) is 0 Å². The van der Waals surface area contributed by atoms with Crippen LogP contribution in [-0.2, 0) is 19.1 Å². The number of carbonyl (C=O) groups excluding carboxylic acids is 2. The SMILES string of the molecule is CCCCOCCC(=O)CC(=O)OCC. The fourth-order valence-electron chi connectivity index (χ4n) is 0.996. The van der Waals surface area contributed by atoms with Crippen molar-refractivity contribution in [2.24, 2.45) is 0 Å². The summed E-state index contributed by atoms with van der Waals surface area (Å²) in [6, 6.07) is 0. The molecule has 0 spiro atoms. The Bertz CT molecular complexity index is 189. The van der Waals surface area contributed by atoms with Crippen LogP contribution in [0.5, 0.6) is 0 Å². The van der Waals surface area contributed by atoms with Gasteiger partial charge in [-0.3, -0.25) is 9.59 Å². The van der Waals surface area contributed by atoms with Gasteiger partial charge >= 0.3 is 5.97 Å². The highest BCUT2D eigenvalue weighted by Gasteiger charge is 2.09. The van der Waals surface area contributed by atoms with Gasteiger partial charge in [0.05, 0.1) is 13.2 Å². The Kier molecular flexibility index (Phi) is 9.07. The maximum Gasteiger partial charge on any atom is 0.313 e. The van der Waals surface area contributed by atoms with Gasteiger partial charge in [-0.1, -0.05) is 13.3 Å². The summed E-state index contributed by atoms with van der Waals surface area (Å²) >= 11 is 0. The van der Waals surface area contributed by atoms with Crippen LogP contribution < -0.4 is 0 Å². The van der Waals surface area contributed by atoms with Crippen molar-refractivity contribution in [1.82, 2.24) is 0 Å². The number of Topliss-reactive ketones (excluding diaryl/α,β-unsaturated/α-hetero) is 1. The summed E-state index contributed by atoms with van der Waals surface area (Å²) in [4.78, 5) is 22.1. The summed E-state index contributed by atoms with van der Waals surface area (Å²) in [7, 11) is 0. The highest BCUT2D eigenvalue weighted by atomic mass is 16.5. The molecule has 0 N–H and O–H groups in total. The van der Waals surface area contributed by atoms with Crippen LogP contribution in [0.3, 0.4) is 0 Å². The van der Waals surface area contributed by atoms with Crippen LogP contribution >= 0.6 is 0 Å². The minimum atomic E-state index is -0.448. The monoisotopic (exact) mass is 216 g/mol. The molecule has 15 heavy (non-hydrogen) atoms. The number of ketones is 1. The Morgan fingerprint density at radius 3 is 2.47 bits per heavy atom. The summed E-state index contributed by atoms with van der Waals surface area (Å²) < 4.78 is 9.87. The average Bonchev–Trinajstić information content (AvgIpc) is 2.17. The molecule has 0 heterocycles. The van der Waals surface area contributed by atoms with Crippen LogP contribution in [0.15, 0.2) is 0 Å². The standard InChI is InChI=1S/C11H20O4/c1-3-5-7-14-8-6-10(12)9-11(13)15-4-2/h3-9H2,1-2H3. The van der Waals surface area contributed by atoms with Gasteiger partial charge in [0.25, 0.3) is 0 Å². The maximum absolute atomic E-state index is 11.2. The van der Waals surface area contributed by atoms with E-state index in [4.69, 9.17) is 4.74 Å². The van der Waals surface area contributed by atoms with Crippen molar-refractivity contribution >= 4 is 11.8 Å². The minimum absolute atomic E-state index is 0.120. The molecule has 0 fully saturated rings. The van der Waals surface area contributed by atoms with Crippen LogP contribution in [0.1, 0.15) is 39.5 Å². The molecule has 4 nitrogen and oxygen atoms in total. The highest BCUT2D eigenvalue weighted by Crippen LogP contribution is 1.95. The largest absolute Gasteiger partial charge is 0.466 e. The number of esters is 1. The van der Waals surface area contributed by atoms with Crippen LogP contribution in [0.2, 0.25) is 0 Å². The summed E-state index contributed by atoms with van der Waals surface area (Å²) in [6.07, 6.45) is 2.25. The highest BCUT2D eigenvalue weighted by molar-refractivity contribution is 5.95. The molecule has 0 bridgehead atoms. The lowest BCUT2D eigenvalue weighted by Crippen LogP contribution is -2.13. The smallest absolute Gasteiger partial charge is 0.313 e. The van der Waals surface area contributed by atoms with E-state index >= 15 is 0 Å². The first-order chi connectivity index (χ1) is 7.20. The van der Waals surface area contributed by atoms with Crippen molar-refractivity contribution in [2.45, 2.75) is 39.5 Å². The van der Waals surface area contributed by atoms with E-state index in [0.717, 1.165) is 12.8 Å². The first-order valence-corrected chi connectivity index (χ1v) is 5.45. The normalized spacial score (nSPS) is 10.0. The quantitative estimate of drug-likeness (QED) is 0.334. The van der Waals surface area contributed by atoms with E-state index in [1.54, 1.807) is 6.92 Å². The van der Waals surface area contributed by atoms with E-state index in [9.17, 15) is 9.59 Å². The molecular formula is C11H20O4. The van der Waals surface area contributed by atoms with Crippen molar-refractivity contribution in [2.75, 3.05) is 19.8 Å². The van der Waals surface area contributed by atoms with Crippen molar-refractivity contribution in [3.05, 3.63) is 0 Å². The minimum Gasteiger partial charge on any atom is -0.466 e. The van der Waals surface area contributed by atoms with E-state index in [1.165, 1.54) is 0 Å². The van der Waals surface area contributed by atoms with Crippen LogP contribution in [-0.4, -0.2) is 31.6 Å². The van der Waals surface area contributed by atoms with Gasteiger partial charge in [-0.25, -0.2) is 0 Å². The Labute approximate surface area is 90.9 Å². The Hall–Kier alpha value is -0.900. The predicted octanol–water partition coefficient (Wildman–Crippen LogP) is 1.72. The van der Waals surface area contributed by atoms with Gasteiger partial charge in [0.1, 0.15) is 12.2 Å². The molecule has 0 saturated heterocycles. The predicted molar refractivity (Wildman–Crippen MR) is 56.6 cm³/mol. The Balaban J connectivity index is 3.37. The second-order valence-electron chi connectivity index (χ2n) is 3.24. The molecule has 0 aromatic heterocycles. The van der Waals surface area contributed by atoms with Gasteiger partial charge in [0.2, 0.25) is 0 Å². The van der Waals surface area contributed by atoms with E-state index in [0.29, 0.717) is 26.2 Å². The molecule has 0 rings (SSSR count). The Morgan fingerprint density at radius 2 is 1.87 bits per heavy atom. The molecule has 0 aliphatic rings. The number of carbonyl (C=O) groups is 2. The second kappa shape index (κ2) is 9.65. The van der Waals surface area contributed by atoms with E-state index in [1.807, 2.05) is 0 Å². The first kappa shape index (κ1) is 14.1. The van der Waals surface area contributed by atoms with Crippen molar-refractivity contribution in [1.29, 1.82) is 0 Å². The summed E-state index contributed by atoms with van der Waals surface area (Å²) in [6.45, 7) is 5.20. The topological polar surface area (TPSA) is 52.6 Å². The molecule has 0 saturated carbocycles. The lowest BCUT2D eigenvalue weighted by atomic mass is 10.2. The molecule has 0 unspecified atom stereocenters. The second-order valence-corrected chi connectivity index (χ2v) is 3.24. The van der Waals surface area contributed by atoms with Crippen LogP contribution in [0, 0.1) is 0 Å². The molecule has 88 valence electrons. The lowest BCUT2D eigenvalue weighted by Gasteiger charge is -2.03. The number of hydrogen-bond acceptors (Lipinski definition) is 4. The molecular weight excluding hydrogens is 196 g/mol. The third-order valence-corrected chi connectivity index (χ3v) is 1.81. The first-order valence-electron chi connectivity index (χ1n) is 5.45. The molecule has 4 heteroatoms. The van der Waals surface area contributed by atoms with Crippen molar-refractivity contribution < 1.29 is 19.1 Å². The van der Waals surface area contributed by atoms with E-state index < -0.39 is 5.97 Å². The fourth-order valence-corrected chi connectivity index (χ4v) is 0.996. The number of rotatable bonds is 9. The summed E-state index contributed by atoms with van der Waals surface area (Å²) in [5.41, 5.74) is 0. The zero-order chi connectivity index (χ0) is 11.5. The van der Waals surface area contributed by atoms with Crippen LogP contribution in [0.4, 0.5) is 0 Å². The molecule has 0 atom stereocenters. The van der Waals surface area contributed by atoms with Gasteiger partial charge in [-0.05, 0) is 13.3 Å².